The van der Waals surface area contributed by atoms with E-state index in [1.807, 2.05) is 37.3 Å². The molecule has 0 fully saturated rings. The van der Waals surface area contributed by atoms with Gasteiger partial charge in [0.15, 0.2) is 6.61 Å². The molecule has 1 amide bonds. The van der Waals surface area contributed by atoms with Crippen LogP contribution < -0.4 is 10.1 Å². The van der Waals surface area contributed by atoms with E-state index in [1.165, 1.54) is 11.1 Å². The van der Waals surface area contributed by atoms with Crippen molar-refractivity contribution in [1.82, 2.24) is 5.32 Å². The highest BCUT2D eigenvalue weighted by Crippen LogP contribution is 2.12. The van der Waals surface area contributed by atoms with Crippen LogP contribution in [0.4, 0.5) is 0 Å². The first-order valence-corrected chi connectivity index (χ1v) is 8.29. The lowest BCUT2D eigenvalue weighted by Gasteiger charge is -2.07. The van der Waals surface area contributed by atoms with Crippen molar-refractivity contribution in [3.05, 3.63) is 65.2 Å². The molecule has 0 saturated carbocycles. The topological polar surface area (TPSA) is 75.6 Å². The first kappa shape index (κ1) is 18.5. The van der Waals surface area contributed by atoms with Gasteiger partial charge < -0.3 is 15.2 Å². The number of ether oxygens (including phenoxy) is 1. The van der Waals surface area contributed by atoms with Gasteiger partial charge in [-0.2, -0.15) is 0 Å². The quantitative estimate of drug-likeness (QED) is 0.735. The van der Waals surface area contributed by atoms with E-state index in [-0.39, 0.29) is 12.5 Å². The number of amides is 1. The number of nitrogens with one attached hydrogen (secondary N) is 1. The number of benzene rings is 2. The number of carboxylic acids is 1. The van der Waals surface area contributed by atoms with E-state index in [1.54, 1.807) is 12.1 Å². The number of carbonyl (C=O) groups is 2. The Morgan fingerprint density at radius 2 is 1.80 bits per heavy atom. The van der Waals surface area contributed by atoms with Crippen molar-refractivity contribution in [2.24, 2.45) is 0 Å². The highest BCUT2D eigenvalue weighted by atomic mass is 16.5. The van der Waals surface area contributed by atoms with Gasteiger partial charge in [0.05, 0.1) is 0 Å². The SMILES string of the molecule is Cc1cccc(CCC(=O)NCCc2ccc(OCC(=O)O)cc2)c1. The second-order valence-electron chi connectivity index (χ2n) is 5.92. The fourth-order valence-electron chi connectivity index (χ4n) is 2.46. The molecule has 2 aromatic carbocycles. The van der Waals surface area contributed by atoms with Crippen LogP contribution in [0.15, 0.2) is 48.5 Å². The van der Waals surface area contributed by atoms with Crippen molar-refractivity contribution in [2.45, 2.75) is 26.2 Å². The van der Waals surface area contributed by atoms with Crippen molar-refractivity contribution >= 4 is 11.9 Å². The summed E-state index contributed by atoms with van der Waals surface area (Å²) in [5.74, 6) is -0.436. The number of hydrogen-bond donors (Lipinski definition) is 2. The summed E-state index contributed by atoms with van der Waals surface area (Å²) in [5.41, 5.74) is 3.43. The average Bonchev–Trinajstić information content (AvgIpc) is 2.59. The Morgan fingerprint density at radius 1 is 1.04 bits per heavy atom. The summed E-state index contributed by atoms with van der Waals surface area (Å²) in [6, 6.07) is 15.4. The average molecular weight is 341 g/mol. The number of hydrogen-bond acceptors (Lipinski definition) is 3. The van der Waals surface area contributed by atoms with Crippen molar-refractivity contribution in [3.8, 4) is 5.75 Å². The lowest BCUT2D eigenvalue weighted by Crippen LogP contribution is -2.25. The highest BCUT2D eigenvalue weighted by Gasteiger charge is 2.03. The van der Waals surface area contributed by atoms with Gasteiger partial charge in [0.2, 0.25) is 5.91 Å². The Hall–Kier alpha value is -2.82. The van der Waals surface area contributed by atoms with Gasteiger partial charge in [0, 0.05) is 13.0 Å². The largest absolute Gasteiger partial charge is 0.482 e. The third-order valence-electron chi connectivity index (χ3n) is 3.74. The van der Waals surface area contributed by atoms with E-state index < -0.39 is 5.97 Å². The molecule has 0 aliphatic carbocycles. The summed E-state index contributed by atoms with van der Waals surface area (Å²) < 4.78 is 5.08. The summed E-state index contributed by atoms with van der Waals surface area (Å²) in [6.45, 7) is 2.26. The van der Waals surface area contributed by atoms with Crippen molar-refractivity contribution in [1.29, 1.82) is 0 Å². The van der Waals surface area contributed by atoms with E-state index in [0.29, 0.717) is 18.7 Å². The molecule has 5 nitrogen and oxygen atoms in total. The van der Waals surface area contributed by atoms with Gasteiger partial charge in [-0.05, 0) is 43.0 Å². The molecule has 0 radical (unpaired) electrons. The van der Waals surface area contributed by atoms with Gasteiger partial charge in [-0.25, -0.2) is 4.79 Å². The molecule has 0 aromatic heterocycles. The Morgan fingerprint density at radius 3 is 2.48 bits per heavy atom. The van der Waals surface area contributed by atoms with Crippen LogP contribution in [-0.2, 0) is 22.4 Å². The van der Waals surface area contributed by atoms with Gasteiger partial charge in [-0.3, -0.25) is 4.79 Å². The molecule has 0 aliphatic heterocycles. The van der Waals surface area contributed by atoms with Crippen LogP contribution in [0.25, 0.3) is 0 Å². The third kappa shape index (κ3) is 7.08. The molecule has 132 valence electrons. The van der Waals surface area contributed by atoms with Gasteiger partial charge in [-0.1, -0.05) is 42.0 Å². The van der Waals surface area contributed by atoms with E-state index in [4.69, 9.17) is 9.84 Å². The minimum atomic E-state index is -1.00. The lowest BCUT2D eigenvalue weighted by molar-refractivity contribution is -0.139. The standard InChI is InChI=1S/C20H23NO4/c1-15-3-2-4-17(13-15)7-10-19(22)21-12-11-16-5-8-18(9-6-16)25-14-20(23)24/h2-6,8-9,13H,7,10-12,14H2,1H3,(H,21,22)(H,23,24). The number of aryl methyl sites for hydroxylation is 2. The first-order valence-electron chi connectivity index (χ1n) is 8.29. The summed E-state index contributed by atoms with van der Waals surface area (Å²) >= 11 is 0. The molecule has 2 rings (SSSR count). The second-order valence-corrected chi connectivity index (χ2v) is 5.92. The molecule has 0 bridgehead atoms. The Balaban J connectivity index is 1.67. The molecule has 0 unspecified atom stereocenters. The van der Waals surface area contributed by atoms with Crippen molar-refractivity contribution in [2.75, 3.05) is 13.2 Å². The van der Waals surface area contributed by atoms with Crippen LogP contribution in [0, 0.1) is 6.92 Å². The van der Waals surface area contributed by atoms with Crippen LogP contribution in [0.1, 0.15) is 23.1 Å². The minimum absolute atomic E-state index is 0.0444. The van der Waals surface area contributed by atoms with E-state index in [9.17, 15) is 9.59 Å². The van der Waals surface area contributed by atoms with Gasteiger partial charge in [0.25, 0.3) is 0 Å². The molecule has 0 atom stereocenters. The molecular weight excluding hydrogens is 318 g/mol. The maximum atomic E-state index is 11.9. The predicted molar refractivity (Wildman–Crippen MR) is 95.8 cm³/mol. The smallest absolute Gasteiger partial charge is 0.341 e. The normalized spacial score (nSPS) is 10.3. The molecule has 2 aromatic rings. The number of carbonyl (C=O) groups excluding carboxylic acids is 1. The van der Waals surface area contributed by atoms with E-state index >= 15 is 0 Å². The Labute approximate surface area is 147 Å². The van der Waals surface area contributed by atoms with Crippen LogP contribution in [0.3, 0.4) is 0 Å². The van der Waals surface area contributed by atoms with Crippen LogP contribution in [-0.4, -0.2) is 30.1 Å². The molecule has 5 heteroatoms. The summed E-state index contributed by atoms with van der Waals surface area (Å²) in [6.07, 6.45) is 1.93. The maximum absolute atomic E-state index is 11.9. The fraction of sp³-hybridized carbons (Fsp3) is 0.300. The third-order valence-corrected chi connectivity index (χ3v) is 3.74. The van der Waals surface area contributed by atoms with Crippen LogP contribution in [0.2, 0.25) is 0 Å². The molecule has 25 heavy (non-hydrogen) atoms. The molecule has 2 N–H and O–H groups in total. The van der Waals surface area contributed by atoms with Crippen LogP contribution >= 0.6 is 0 Å². The van der Waals surface area contributed by atoms with Crippen molar-refractivity contribution < 1.29 is 19.4 Å². The highest BCUT2D eigenvalue weighted by molar-refractivity contribution is 5.76. The molecule has 0 spiro atoms. The number of rotatable bonds is 9. The molecule has 0 saturated heterocycles. The number of aliphatic carboxylic acids is 1. The Kier molecular flexibility index (Phi) is 7.01. The molecule has 0 aliphatic rings. The lowest BCUT2D eigenvalue weighted by atomic mass is 10.1. The maximum Gasteiger partial charge on any atom is 0.341 e. The van der Waals surface area contributed by atoms with Crippen molar-refractivity contribution in [3.63, 3.8) is 0 Å². The summed E-state index contributed by atoms with van der Waals surface area (Å²) in [5, 5.41) is 11.5. The first-order chi connectivity index (χ1) is 12.0. The summed E-state index contributed by atoms with van der Waals surface area (Å²) in [7, 11) is 0. The zero-order valence-electron chi connectivity index (χ0n) is 14.3. The zero-order valence-corrected chi connectivity index (χ0v) is 14.3. The van der Waals surface area contributed by atoms with Gasteiger partial charge >= 0.3 is 5.97 Å². The van der Waals surface area contributed by atoms with Gasteiger partial charge in [0.1, 0.15) is 5.75 Å². The Bertz CT molecular complexity index is 710. The molecular formula is C20H23NO4. The fourth-order valence-corrected chi connectivity index (χ4v) is 2.46. The zero-order chi connectivity index (χ0) is 18.1. The monoisotopic (exact) mass is 341 g/mol. The minimum Gasteiger partial charge on any atom is -0.482 e. The van der Waals surface area contributed by atoms with E-state index in [0.717, 1.165) is 18.4 Å². The predicted octanol–water partition coefficient (Wildman–Crippen LogP) is 2.75. The van der Waals surface area contributed by atoms with Crippen LogP contribution in [0.5, 0.6) is 5.75 Å². The number of carboxylic acid groups (broad SMARTS) is 1. The second kappa shape index (κ2) is 9.47. The van der Waals surface area contributed by atoms with Gasteiger partial charge in [-0.15, -0.1) is 0 Å². The van der Waals surface area contributed by atoms with E-state index in [2.05, 4.69) is 11.4 Å². The molecule has 0 heterocycles. The summed E-state index contributed by atoms with van der Waals surface area (Å²) in [4.78, 5) is 22.3.